The van der Waals surface area contributed by atoms with Crippen molar-refractivity contribution in [3.8, 4) is 5.75 Å². The Morgan fingerprint density at radius 1 is 1.05 bits per heavy atom. The van der Waals surface area contributed by atoms with Crippen LogP contribution in [0.4, 0.5) is 0 Å². The summed E-state index contributed by atoms with van der Waals surface area (Å²) < 4.78 is 5.17. The molecule has 2 aromatic rings. The Morgan fingerprint density at radius 2 is 1.73 bits per heavy atom. The van der Waals surface area contributed by atoms with Gasteiger partial charge in [-0.05, 0) is 34.8 Å². The van der Waals surface area contributed by atoms with Gasteiger partial charge in [-0.1, -0.05) is 63.2 Å². The Kier molecular flexibility index (Phi) is 4.81. The van der Waals surface area contributed by atoms with E-state index in [2.05, 4.69) is 20.8 Å². The van der Waals surface area contributed by atoms with Crippen LogP contribution in [0.3, 0.4) is 0 Å². The van der Waals surface area contributed by atoms with Gasteiger partial charge in [0.2, 0.25) is 0 Å². The third-order valence-electron chi connectivity index (χ3n) is 3.56. The van der Waals surface area contributed by atoms with Crippen LogP contribution in [-0.2, 0) is 5.41 Å². The van der Waals surface area contributed by atoms with Crippen LogP contribution in [0.5, 0.6) is 5.75 Å². The summed E-state index contributed by atoms with van der Waals surface area (Å²) in [6.45, 7) is 6.48. The maximum atomic E-state index is 12.2. The molecule has 0 fully saturated rings. The Balaban J connectivity index is 2.13. The summed E-state index contributed by atoms with van der Waals surface area (Å²) in [5.74, 6) is 0.785. The molecule has 0 aliphatic carbocycles. The second-order valence-corrected chi connectivity index (χ2v) is 6.30. The minimum atomic E-state index is 0.00304. The van der Waals surface area contributed by atoms with Crippen LogP contribution in [0.2, 0.25) is 0 Å². The Hall–Kier alpha value is -2.35. The van der Waals surface area contributed by atoms with Crippen LogP contribution in [0.25, 0.3) is 6.08 Å². The number of carbonyl (C=O) groups is 1. The molecule has 2 rings (SSSR count). The molecule has 2 aromatic carbocycles. The lowest BCUT2D eigenvalue weighted by molar-refractivity contribution is 0.104. The molecule has 0 radical (unpaired) electrons. The zero-order valence-corrected chi connectivity index (χ0v) is 13.6. The second-order valence-electron chi connectivity index (χ2n) is 6.30. The maximum Gasteiger partial charge on any atom is 0.185 e. The normalized spacial score (nSPS) is 11.6. The molecule has 0 atom stereocenters. The highest BCUT2D eigenvalue weighted by Crippen LogP contribution is 2.22. The molecule has 0 spiro atoms. The molecule has 0 saturated carbocycles. The van der Waals surface area contributed by atoms with Crippen molar-refractivity contribution in [2.45, 2.75) is 26.2 Å². The minimum absolute atomic E-state index is 0.00304. The number of allylic oxidation sites excluding steroid dienone is 1. The molecule has 2 nitrogen and oxygen atoms in total. The molecular formula is C20H22O2. The lowest BCUT2D eigenvalue weighted by atomic mass is 9.86. The summed E-state index contributed by atoms with van der Waals surface area (Å²) in [6.07, 6.45) is 3.41. The van der Waals surface area contributed by atoms with Gasteiger partial charge in [0.05, 0.1) is 7.11 Å². The van der Waals surface area contributed by atoms with Crippen molar-refractivity contribution in [1.82, 2.24) is 0 Å². The zero-order valence-electron chi connectivity index (χ0n) is 13.6. The highest BCUT2D eigenvalue weighted by molar-refractivity contribution is 6.06. The topological polar surface area (TPSA) is 26.3 Å². The summed E-state index contributed by atoms with van der Waals surface area (Å²) in [6, 6.07) is 15.4. The fourth-order valence-corrected chi connectivity index (χ4v) is 2.15. The van der Waals surface area contributed by atoms with E-state index in [9.17, 15) is 4.79 Å². The van der Waals surface area contributed by atoms with E-state index in [0.29, 0.717) is 5.56 Å². The monoisotopic (exact) mass is 294 g/mol. The zero-order chi connectivity index (χ0) is 16.2. The molecule has 114 valence electrons. The average Bonchev–Trinajstić information content (AvgIpc) is 2.52. The first-order valence-corrected chi connectivity index (χ1v) is 7.37. The summed E-state index contributed by atoms with van der Waals surface area (Å²) >= 11 is 0. The fraction of sp³-hybridized carbons (Fsp3) is 0.250. The number of hydrogen-bond acceptors (Lipinski definition) is 2. The lowest BCUT2D eigenvalue weighted by Crippen LogP contribution is -2.11. The van der Waals surface area contributed by atoms with E-state index >= 15 is 0 Å². The van der Waals surface area contributed by atoms with E-state index in [0.717, 1.165) is 11.3 Å². The number of methoxy groups -OCH3 is 1. The van der Waals surface area contributed by atoms with Crippen LogP contribution in [0.1, 0.15) is 42.3 Å². The second kappa shape index (κ2) is 6.61. The molecule has 0 bridgehead atoms. The van der Waals surface area contributed by atoms with Crippen molar-refractivity contribution in [2.24, 2.45) is 0 Å². The molecule has 0 saturated heterocycles. The Labute approximate surface area is 132 Å². The van der Waals surface area contributed by atoms with Gasteiger partial charge in [0.15, 0.2) is 5.78 Å². The summed E-state index contributed by atoms with van der Waals surface area (Å²) in [4.78, 5) is 12.2. The van der Waals surface area contributed by atoms with Crippen LogP contribution in [0.15, 0.2) is 54.6 Å². The van der Waals surface area contributed by atoms with E-state index in [1.165, 1.54) is 5.56 Å². The van der Waals surface area contributed by atoms with Crippen molar-refractivity contribution in [3.05, 3.63) is 71.3 Å². The number of hydrogen-bond donors (Lipinski definition) is 0. The van der Waals surface area contributed by atoms with Gasteiger partial charge >= 0.3 is 0 Å². The molecule has 0 aromatic heterocycles. The van der Waals surface area contributed by atoms with Crippen LogP contribution >= 0.6 is 0 Å². The average molecular weight is 294 g/mol. The first kappa shape index (κ1) is 16.0. The van der Waals surface area contributed by atoms with E-state index < -0.39 is 0 Å². The first-order valence-electron chi connectivity index (χ1n) is 7.37. The SMILES string of the molecule is COc1cccc(/C=C/C(=O)c2ccc(C(C)(C)C)cc2)c1. The molecule has 0 N–H and O–H groups in total. The Bertz CT molecular complexity index is 674. The van der Waals surface area contributed by atoms with Crippen molar-refractivity contribution < 1.29 is 9.53 Å². The van der Waals surface area contributed by atoms with Gasteiger partial charge in [-0.3, -0.25) is 4.79 Å². The number of rotatable bonds is 4. The van der Waals surface area contributed by atoms with Crippen molar-refractivity contribution in [2.75, 3.05) is 7.11 Å². The number of carbonyl (C=O) groups excluding carboxylic acids is 1. The maximum absolute atomic E-state index is 12.2. The molecule has 0 aliphatic rings. The molecule has 22 heavy (non-hydrogen) atoms. The molecule has 0 unspecified atom stereocenters. The predicted octanol–water partition coefficient (Wildman–Crippen LogP) is 4.89. The van der Waals surface area contributed by atoms with Crippen molar-refractivity contribution >= 4 is 11.9 Å². The molecule has 2 heteroatoms. The van der Waals surface area contributed by atoms with Gasteiger partial charge in [0.1, 0.15) is 5.75 Å². The first-order chi connectivity index (χ1) is 10.4. The van der Waals surface area contributed by atoms with Crippen LogP contribution in [-0.4, -0.2) is 12.9 Å². The predicted molar refractivity (Wildman–Crippen MR) is 91.5 cm³/mol. The molecular weight excluding hydrogens is 272 g/mol. The minimum Gasteiger partial charge on any atom is -0.497 e. The van der Waals surface area contributed by atoms with Gasteiger partial charge in [0.25, 0.3) is 0 Å². The number of ketones is 1. The Morgan fingerprint density at radius 3 is 2.32 bits per heavy atom. The van der Waals surface area contributed by atoms with Crippen LogP contribution < -0.4 is 4.74 Å². The lowest BCUT2D eigenvalue weighted by Gasteiger charge is -2.18. The number of benzene rings is 2. The van der Waals surface area contributed by atoms with Crippen molar-refractivity contribution in [3.63, 3.8) is 0 Å². The van der Waals surface area contributed by atoms with E-state index in [1.54, 1.807) is 13.2 Å². The van der Waals surface area contributed by atoms with E-state index in [1.807, 2.05) is 54.6 Å². The summed E-state index contributed by atoms with van der Waals surface area (Å²) in [7, 11) is 1.63. The quantitative estimate of drug-likeness (QED) is 0.593. The summed E-state index contributed by atoms with van der Waals surface area (Å²) in [5.41, 5.74) is 2.96. The number of ether oxygens (including phenoxy) is 1. The van der Waals surface area contributed by atoms with Gasteiger partial charge in [-0.2, -0.15) is 0 Å². The van der Waals surface area contributed by atoms with E-state index in [-0.39, 0.29) is 11.2 Å². The molecule has 0 heterocycles. The van der Waals surface area contributed by atoms with Crippen LogP contribution in [0, 0.1) is 0 Å². The third-order valence-corrected chi connectivity index (χ3v) is 3.56. The third kappa shape index (κ3) is 4.08. The van der Waals surface area contributed by atoms with Crippen molar-refractivity contribution in [1.29, 1.82) is 0 Å². The molecule has 0 amide bonds. The largest absolute Gasteiger partial charge is 0.497 e. The van der Waals surface area contributed by atoms with Gasteiger partial charge in [0, 0.05) is 5.56 Å². The summed E-state index contributed by atoms with van der Waals surface area (Å²) in [5, 5.41) is 0. The highest BCUT2D eigenvalue weighted by Gasteiger charge is 2.13. The van der Waals surface area contributed by atoms with Gasteiger partial charge in [-0.25, -0.2) is 0 Å². The van der Waals surface area contributed by atoms with Gasteiger partial charge in [-0.15, -0.1) is 0 Å². The van der Waals surface area contributed by atoms with E-state index in [4.69, 9.17) is 4.74 Å². The van der Waals surface area contributed by atoms with Gasteiger partial charge < -0.3 is 4.74 Å². The smallest absolute Gasteiger partial charge is 0.185 e. The molecule has 0 aliphatic heterocycles. The highest BCUT2D eigenvalue weighted by atomic mass is 16.5. The fourth-order valence-electron chi connectivity index (χ4n) is 2.15. The standard InChI is InChI=1S/C20H22O2/c1-20(2,3)17-11-9-16(10-12-17)19(21)13-8-15-6-5-7-18(14-15)22-4/h5-14H,1-4H3/b13-8+.